The van der Waals surface area contributed by atoms with Gasteiger partial charge >= 0.3 is 11.8 Å². The number of hydrogen-bond donors (Lipinski definition) is 1. The molecule has 41 heavy (non-hydrogen) atoms. The van der Waals surface area contributed by atoms with Crippen molar-refractivity contribution >= 4 is 34.7 Å². The van der Waals surface area contributed by atoms with E-state index in [1.54, 1.807) is 35.6 Å². The summed E-state index contributed by atoms with van der Waals surface area (Å²) in [6, 6.07) is 7.14. The molecule has 214 valence electrons. The number of thioether (sulfide) groups is 1. The highest BCUT2D eigenvalue weighted by Crippen LogP contribution is 2.37. The summed E-state index contributed by atoms with van der Waals surface area (Å²) in [6.07, 6.45) is 2.39. The largest absolute Gasteiger partial charge is 0.465 e. The summed E-state index contributed by atoms with van der Waals surface area (Å²) < 4.78 is 32.5. The predicted octanol–water partition coefficient (Wildman–Crippen LogP) is 5.46. The van der Waals surface area contributed by atoms with Gasteiger partial charge < -0.3 is 14.9 Å². The Morgan fingerprint density at radius 1 is 1.15 bits per heavy atom. The van der Waals surface area contributed by atoms with Gasteiger partial charge in [-0.3, -0.25) is 4.98 Å². The topological polar surface area (TPSA) is 104 Å². The molecule has 0 unspecified atom stereocenters. The number of hydrogen-bond acceptors (Lipinski definition) is 7. The van der Waals surface area contributed by atoms with Crippen LogP contribution in [0.4, 0.5) is 19.4 Å². The second-order valence-electron chi connectivity index (χ2n) is 10.3. The first-order chi connectivity index (χ1) is 19.5. The molecule has 1 aromatic carbocycles. The first kappa shape index (κ1) is 28.5. The van der Waals surface area contributed by atoms with Crippen molar-refractivity contribution in [3.8, 4) is 16.9 Å². The van der Waals surface area contributed by atoms with Crippen molar-refractivity contribution in [1.82, 2.24) is 24.4 Å². The molecular weight excluding hydrogens is 550 g/mol. The molecule has 12 heteroatoms. The lowest BCUT2D eigenvalue weighted by Crippen LogP contribution is -2.54. The molecule has 4 heterocycles. The molecular formula is C29H30F2N6O3S. The Labute approximate surface area is 239 Å². The third kappa shape index (κ3) is 5.01. The highest BCUT2D eigenvalue weighted by atomic mass is 32.2. The number of amides is 1. The molecule has 1 fully saturated rings. The van der Waals surface area contributed by atoms with Crippen LogP contribution in [0.5, 0.6) is 0 Å². The lowest BCUT2D eigenvalue weighted by Gasteiger charge is -2.39. The summed E-state index contributed by atoms with van der Waals surface area (Å²) in [5.41, 5.74) is 1.11. The maximum Gasteiger partial charge on any atom is 0.407 e. The van der Waals surface area contributed by atoms with Crippen LogP contribution in [0.3, 0.4) is 0 Å². The van der Waals surface area contributed by atoms with Crippen LogP contribution < -0.4 is 10.6 Å². The Kier molecular flexibility index (Phi) is 7.69. The molecule has 1 aliphatic heterocycles. The van der Waals surface area contributed by atoms with Crippen LogP contribution in [0.2, 0.25) is 0 Å². The van der Waals surface area contributed by atoms with Crippen molar-refractivity contribution in [2.75, 3.05) is 30.8 Å². The highest BCUT2D eigenvalue weighted by molar-refractivity contribution is 7.98. The molecule has 0 spiro atoms. The van der Waals surface area contributed by atoms with Crippen LogP contribution in [-0.2, 0) is 0 Å². The molecule has 0 bridgehead atoms. The fraction of sp³-hybridized carbons (Fsp3) is 0.345. The number of rotatable bonds is 5. The van der Waals surface area contributed by atoms with E-state index < -0.39 is 23.4 Å². The summed E-state index contributed by atoms with van der Waals surface area (Å²) in [6.45, 7) is 8.18. The molecule has 0 aliphatic carbocycles. The Balaban J connectivity index is 1.86. The third-order valence-electron chi connectivity index (χ3n) is 7.33. The highest BCUT2D eigenvalue weighted by Gasteiger charge is 2.31. The van der Waals surface area contributed by atoms with Gasteiger partial charge in [0.2, 0.25) is 0 Å². The Morgan fingerprint density at radius 2 is 1.90 bits per heavy atom. The van der Waals surface area contributed by atoms with E-state index in [2.05, 4.69) is 15.0 Å². The molecule has 1 N–H and O–H groups in total. The zero-order chi connectivity index (χ0) is 29.6. The molecule has 1 atom stereocenters. The van der Waals surface area contributed by atoms with Gasteiger partial charge in [0.1, 0.15) is 17.3 Å². The van der Waals surface area contributed by atoms with Crippen LogP contribution in [0.15, 0.2) is 46.2 Å². The minimum absolute atomic E-state index is 0.00666. The number of carbonyl (C=O) groups is 1. The normalized spacial score (nSPS) is 15.7. The number of anilines is 1. The maximum atomic E-state index is 16.0. The van der Waals surface area contributed by atoms with Crippen LogP contribution in [0, 0.1) is 18.6 Å². The fourth-order valence-electron chi connectivity index (χ4n) is 5.34. The SMILES string of the molecule is CSc1cccc(F)c1-c1nc2c(cc1F)c(N1CCN(C(=O)O)C[C@@H]1C)nc(=O)n2-c1c(C)ccnc1C(C)C. The lowest BCUT2D eigenvalue weighted by atomic mass is 10.0. The zero-order valence-corrected chi connectivity index (χ0v) is 24.2. The van der Waals surface area contributed by atoms with Gasteiger partial charge in [0.15, 0.2) is 11.5 Å². The average molecular weight is 581 g/mol. The van der Waals surface area contributed by atoms with Gasteiger partial charge in [-0.15, -0.1) is 11.8 Å². The second-order valence-corrected chi connectivity index (χ2v) is 11.2. The monoisotopic (exact) mass is 580 g/mol. The van der Waals surface area contributed by atoms with Crippen LogP contribution in [0.25, 0.3) is 28.0 Å². The van der Waals surface area contributed by atoms with E-state index in [0.29, 0.717) is 16.3 Å². The molecule has 1 saturated heterocycles. The van der Waals surface area contributed by atoms with Gasteiger partial charge in [-0.2, -0.15) is 4.98 Å². The van der Waals surface area contributed by atoms with Crippen molar-refractivity contribution < 1.29 is 18.7 Å². The molecule has 1 aliphatic rings. The van der Waals surface area contributed by atoms with E-state index in [9.17, 15) is 14.7 Å². The van der Waals surface area contributed by atoms with Crippen molar-refractivity contribution in [3.05, 3.63) is 69.9 Å². The first-order valence-corrected chi connectivity index (χ1v) is 14.4. The van der Waals surface area contributed by atoms with Gasteiger partial charge in [-0.05, 0) is 55.9 Å². The second kappa shape index (κ2) is 11.1. The van der Waals surface area contributed by atoms with Crippen molar-refractivity contribution in [2.24, 2.45) is 0 Å². The summed E-state index contributed by atoms with van der Waals surface area (Å²) in [7, 11) is 0. The van der Waals surface area contributed by atoms with Crippen LogP contribution >= 0.6 is 11.8 Å². The molecule has 5 rings (SSSR count). The molecule has 9 nitrogen and oxygen atoms in total. The molecule has 0 saturated carbocycles. The number of carboxylic acid groups (broad SMARTS) is 1. The van der Waals surface area contributed by atoms with Gasteiger partial charge in [-0.25, -0.2) is 27.9 Å². The molecule has 4 aromatic rings. The average Bonchev–Trinajstić information content (AvgIpc) is 2.93. The van der Waals surface area contributed by atoms with Gasteiger partial charge in [0, 0.05) is 36.8 Å². The Hall–Kier alpha value is -4.06. The lowest BCUT2D eigenvalue weighted by molar-refractivity contribution is 0.136. The van der Waals surface area contributed by atoms with Crippen LogP contribution in [-0.4, -0.2) is 67.6 Å². The summed E-state index contributed by atoms with van der Waals surface area (Å²) in [5.74, 6) is -1.27. The van der Waals surface area contributed by atoms with E-state index in [1.807, 2.05) is 27.7 Å². The van der Waals surface area contributed by atoms with Crippen molar-refractivity contribution in [2.45, 2.75) is 44.6 Å². The number of fused-ring (bicyclic) bond motifs is 1. The minimum Gasteiger partial charge on any atom is -0.465 e. The van der Waals surface area contributed by atoms with Gasteiger partial charge in [-0.1, -0.05) is 19.9 Å². The fourth-order valence-corrected chi connectivity index (χ4v) is 5.95. The standard InChI is InChI=1S/C29H30F2N6O3S/c1-15(2)23-25(16(3)9-10-32-23)37-27-18(13-20(31)24(33-27)22-19(30)7-6-8-21(22)41-5)26(34-28(37)38)36-12-11-35(29(39)40)14-17(36)4/h6-10,13,15,17H,11-12,14H2,1-5H3,(H,39,40)/t17-/m0/s1. The van der Waals surface area contributed by atoms with Gasteiger partial charge in [0.05, 0.1) is 22.3 Å². The number of benzene rings is 1. The summed E-state index contributed by atoms with van der Waals surface area (Å²) in [4.78, 5) is 42.7. The Bertz CT molecular complexity index is 1730. The predicted molar refractivity (Wildman–Crippen MR) is 155 cm³/mol. The number of piperazine rings is 1. The van der Waals surface area contributed by atoms with E-state index in [0.717, 1.165) is 5.56 Å². The first-order valence-electron chi connectivity index (χ1n) is 13.2. The van der Waals surface area contributed by atoms with E-state index in [4.69, 9.17) is 0 Å². The smallest absolute Gasteiger partial charge is 0.407 e. The summed E-state index contributed by atoms with van der Waals surface area (Å²) in [5, 5.41) is 9.72. The van der Waals surface area contributed by atoms with Crippen molar-refractivity contribution in [1.29, 1.82) is 0 Å². The molecule has 1 amide bonds. The molecule has 3 aromatic heterocycles. The number of aromatic nitrogens is 4. The quantitative estimate of drug-likeness (QED) is 0.310. The number of halogens is 2. The number of aryl methyl sites for hydroxylation is 1. The number of nitrogens with zero attached hydrogens (tertiary/aromatic N) is 6. The van der Waals surface area contributed by atoms with Crippen LogP contribution in [0.1, 0.15) is 37.9 Å². The van der Waals surface area contributed by atoms with E-state index >= 15 is 8.78 Å². The van der Waals surface area contributed by atoms with E-state index in [-0.39, 0.29) is 59.7 Å². The zero-order valence-electron chi connectivity index (χ0n) is 23.4. The summed E-state index contributed by atoms with van der Waals surface area (Å²) >= 11 is 1.26. The minimum atomic E-state index is -1.04. The van der Waals surface area contributed by atoms with E-state index in [1.165, 1.54) is 33.4 Å². The third-order valence-corrected chi connectivity index (χ3v) is 8.11. The Morgan fingerprint density at radius 3 is 2.56 bits per heavy atom. The number of pyridine rings is 2. The molecule has 0 radical (unpaired) electrons. The maximum absolute atomic E-state index is 16.0. The van der Waals surface area contributed by atoms with Gasteiger partial charge in [0.25, 0.3) is 0 Å². The van der Waals surface area contributed by atoms with Crippen molar-refractivity contribution in [3.63, 3.8) is 0 Å².